The number of ether oxygens (including phenoxy) is 1. The third-order valence-electron chi connectivity index (χ3n) is 6.20. The first-order chi connectivity index (χ1) is 12.4. The van der Waals surface area contributed by atoms with E-state index in [2.05, 4.69) is 27.1 Å². The summed E-state index contributed by atoms with van der Waals surface area (Å²) in [5.74, 6) is 0.336. The highest BCUT2D eigenvalue weighted by molar-refractivity contribution is 5.89. The Morgan fingerprint density at radius 2 is 2.04 bits per heavy atom. The van der Waals surface area contributed by atoms with Crippen molar-refractivity contribution in [3.05, 3.63) is 17.1 Å². The first kappa shape index (κ1) is 19.0. The van der Waals surface area contributed by atoms with Gasteiger partial charge < -0.3 is 20.7 Å². The lowest BCUT2D eigenvalue weighted by molar-refractivity contribution is -0.0329. The molecule has 2 heterocycles. The molecule has 1 amide bonds. The topological polar surface area (TPSA) is 93.4 Å². The summed E-state index contributed by atoms with van der Waals surface area (Å²) in [7, 11) is 1.84. The average molecular weight is 361 g/mol. The Morgan fingerprint density at radius 1 is 1.35 bits per heavy atom. The molecule has 1 aromatic rings. The van der Waals surface area contributed by atoms with Crippen molar-refractivity contribution >= 4 is 11.7 Å². The first-order valence-corrected chi connectivity index (χ1v) is 9.57. The summed E-state index contributed by atoms with van der Waals surface area (Å²) in [5, 5.41) is 3.78. The van der Waals surface area contributed by atoms with E-state index in [1.54, 1.807) is 0 Å². The zero-order valence-electron chi connectivity index (χ0n) is 16.3. The molecular weight excluding hydrogens is 330 g/mol. The molecule has 0 spiro atoms. The van der Waals surface area contributed by atoms with Gasteiger partial charge in [-0.25, -0.2) is 9.97 Å². The van der Waals surface area contributed by atoms with Gasteiger partial charge in [-0.1, -0.05) is 12.8 Å². The van der Waals surface area contributed by atoms with E-state index in [0.717, 1.165) is 49.4 Å². The van der Waals surface area contributed by atoms with E-state index in [1.807, 2.05) is 21.0 Å². The van der Waals surface area contributed by atoms with Crippen molar-refractivity contribution in [2.75, 3.05) is 25.1 Å². The maximum atomic E-state index is 11.5. The van der Waals surface area contributed by atoms with E-state index < -0.39 is 5.91 Å². The van der Waals surface area contributed by atoms with Crippen molar-refractivity contribution in [1.29, 1.82) is 0 Å². The second-order valence-electron chi connectivity index (χ2n) is 7.74. The van der Waals surface area contributed by atoms with Crippen LogP contribution >= 0.6 is 0 Å². The molecule has 2 atom stereocenters. The minimum atomic E-state index is -0.583. The molecule has 1 aliphatic carbocycles. The fourth-order valence-electron chi connectivity index (χ4n) is 4.41. The molecule has 3 N–H and O–H groups in total. The summed E-state index contributed by atoms with van der Waals surface area (Å²) in [5.41, 5.74) is 7.16. The summed E-state index contributed by atoms with van der Waals surface area (Å²) in [6, 6.07) is 0.693. The van der Waals surface area contributed by atoms with E-state index in [4.69, 9.17) is 10.5 Å². The van der Waals surface area contributed by atoms with Gasteiger partial charge in [-0.2, -0.15) is 0 Å². The number of amides is 1. The van der Waals surface area contributed by atoms with Crippen LogP contribution in [0, 0.1) is 13.8 Å². The highest BCUT2D eigenvalue weighted by Crippen LogP contribution is 2.36. The van der Waals surface area contributed by atoms with Crippen molar-refractivity contribution in [3.8, 4) is 0 Å². The van der Waals surface area contributed by atoms with E-state index in [1.165, 1.54) is 12.8 Å². The number of nitrogens with zero attached hydrogens (tertiary/aromatic N) is 3. The van der Waals surface area contributed by atoms with E-state index in [-0.39, 0.29) is 11.4 Å². The summed E-state index contributed by atoms with van der Waals surface area (Å²) in [4.78, 5) is 22.4. The zero-order valence-corrected chi connectivity index (χ0v) is 16.3. The molecule has 0 radical (unpaired) electrons. The fraction of sp³-hybridized carbons (Fsp3) is 0.737. The number of hydrogen-bond acceptors (Lipinski definition) is 6. The van der Waals surface area contributed by atoms with Gasteiger partial charge in [-0.05, 0) is 40.0 Å². The number of primary amides is 1. The molecule has 0 bridgehead atoms. The van der Waals surface area contributed by atoms with E-state index >= 15 is 0 Å². The molecule has 1 aromatic heterocycles. The minimum Gasteiger partial charge on any atom is -0.377 e. The number of aryl methyl sites for hydroxylation is 1. The average Bonchev–Trinajstić information content (AvgIpc) is 3.27. The van der Waals surface area contributed by atoms with Gasteiger partial charge in [0.2, 0.25) is 5.82 Å². The number of methoxy groups -OCH3 is 1. The zero-order chi connectivity index (χ0) is 18.9. The Balaban J connectivity index is 1.70. The van der Waals surface area contributed by atoms with Crippen LogP contribution in [0.1, 0.15) is 60.9 Å². The molecule has 0 aromatic carbocycles. The Kier molecular flexibility index (Phi) is 5.48. The molecule has 1 unspecified atom stereocenters. The number of nitrogens with one attached hydrogen (secondary N) is 1. The predicted molar refractivity (Wildman–Crippen MR) is 101 cm³/mol. The number of anilines is 1. The maximum Gasteiger partial charge on any atom is 0.286 e. The van der Waals surface area contributed by atoms with E-state index in [0.29, 0.717) is 12.1 Å². The number of carbonyl (C=O) groups excluding carboxylic acids is 1. The molecule has 1 aliphatic heterocycles. The van der Waals surface area contributed by atoms with Crippen molar-refractivity contribution in [2.24, 2.45) is 5.73 Å². The highest BCUT2D eigenvalue weighted by Gasteiger charge is 2.40. The standard InChI is InChI=1S/C19H31N5O2/c1-12-13(2)21-17(16(20)25)23-18(12)24-10-7-15(11-24)22-14(3)19(26-4)8-5-6-9-19/h14-15,22H,5-11H2,1-4H3,(H2,20,25)/t14?,15-/m1/s1. The Labute approximate surface area is 155 Å². The summed E-state index contributed by atoms with van der Waals surface area (Å²) in [6.07, 6.45) is 5.77. The van der Waals surface area contributed by atoms with Crippen molar-refractivity contribution in [2.45, 2.75) is 70.6 Å². The lowest BCUT2D eigenvalue weighted by Crippen LogP contribution is -2.52. The summed E-state index contributed by atoms with van der Waals surface area (Å²) >= 11 is 0. The number of nitrogens with two attached hydrogens (primary N) is 1. The molecule has 7 nitrogen and oxygen atoms in total. The minimum absolute atomic E-state index is 0.0338. The molecule has 1 saturated carbocycles. The second kappa shape index (κ2) is 7.48. The fourth-order valence-corrected chi connectivity index (χ4v) is 4.41. The van der Waals surface area contributed by atoms with Crippen LogP contribution in [0.15, 0.2) is 0 Å². The van der Waals surface area contributed by atoms with Gasteiger partial charge in [0.1, 0.15) is 5.82 Å². The smallest absolute Gasteiger partial charge is 0.286 e. The summed E-state index contributed by atoms with van der Waals surface area (Å²) < 4.78 is 5.91. The van der Waals surface area contributed by atoms with Gasteiger partial charge in [0.15, 0.2) is 0 Å². The number of rotatable bonds is 6. The molecule has 2 fully saturated rings. The Hall–Kier alpha value is -1.73. The van der Waals surface area contributed by atoms with Crippen LogP contribution < -0.4 is 16.0 Å². The van der Waals surface area contributed by atoms with Crippen LogP contribution in [0.4, 0.5) is 5.82 Å². The van der Waals surface area contributed by atoms with Gasteiger partial charge in [0.25, 0.3) is 5.91 Å². The third kappa shape index (κ3) is 3.55. The number of carbonyl (C=O) groups is 1. The second-order valence-corrected chi connectivity index (χ2v) is 7.74. The molecular formula is C19H31N5O2. The van der Waals surface area contributed by atoms with Crippen LogP contribution in [0.2, 0.25) is 0 Å². The van der Waals surface area contributed by atoms with Crippen molar-refractivity contribution in [1.82, 2.24) is 15.3 Å². The largest absolute Gasteiger partial charge is 0.377 e. The van der Waals surface area contributed by atoms with Gasteiger partial charge in [0.05, 0.1) is 5.60 Å². The van der Waals surface area contributed by atoms with Gasteiger partial charge in [-0.3, -0.25) is 4.79 Å². The molecule has 144 valence electrons. The normalized spacial score (nSPS) is 23.4. The molecule has 7 heteroatoms. The van der Waals surface area contributed by atoms with Gasteiger partial charge in [-0.15, -0.1) is 0 Å². The molecule has 26 heavy (non-hydrogen) atoms. The van der Waals surface area contributed by atoms with Gasteiger partial charge >= 0.3 is 0 Å². The van der Waals surface area contributed by atoms with Gasteiger partial charge in [0, 0.05) is 43.5 Å². The van der Waals surface area contributed by atoms with Crippen molar-refractivity contribution in [3.63, 3.8) is 0 Å². The Morgan fingerprint density at radius 3 is 2.65 bits per heavy atom. The number of hydrogen-bond donors (Lipinski definition) is 2. The lowest BCUT2D eigenvalue weighted by atomic mass is 9.92. The Bertz CT molecular complexity index is 672. The van der Waals surface area contributed by atoms with Crippen LogP contribution in [0.25, 0.3) is 0 Å². The quantitative estimate of drug-likeness (QED) is 0.801. The molecule has 3 rings (SSSR count). The lowest BCUT2D eigenvalue weighted by Gasteiger charge is -2.36. The molecule has 2 aliphatic rings. The SMILES string of the molecule is COC1(C(C)N[C@@H]2CCN(c3nc(C(N)=O)nc(C)c3C)C2)CCCC1. The van der Waals surface area contributed by atoms with E-state index in [9.17, 15) is 4.79 Å². The number of aromatic nitrogens is 2. The highest BCUT2D eigenvalue weighted by atomic mass is 16.5. The van der Waals surface area contributed by atoms with Crippen LogP contribution in [-0.4, -0.2) is 53.8 Å². The molecule has 1 saturated heterocycles. The van der Waals surface area contributed by atoms with Crippen LogP contribution in [-0.2, 0) is 4.74 Å². The third-order valence-corrected chi connectivity index (χ3v) is 6.20. The van der Waals surface area contributed by atoms with Crippen molar-refractivity contribution < 1.29 is 9.53 Å². The monoisotopic (exact) mass is 361 g/mol. The first-order valence-electron chi connectivity index (χ1n) is 9.57. The predicted octanol–water partition coefficient (Wildman–Crippen LogP) is 1.71. The van der Waals surface area contributed by atoms with Crippen LogP contribution in [0.5, 0.6) is 0 Å². The summed E-state index contributed by atoms with van der Waals surface area (Å²) in [6.45, 7) is 7.89. The maximum absolute atomic E-state index is 11.5. The van der Waals surface area contributed by atoms with Crippen LogP contribution in [0.3, 0.4) is 0 Å².